The summed E-state index contributed by atoms with van der Waals surface area (Å²) in [4.78, 5) is 60.3. The summed E-state index contributed by atoms with van der Waals surface area (Å²) in [7, 11) is -3.85. The average molecular weight is 729 g/mol. The maximum Gasteiger partial charge on any atom is 0.352 e. The molecule has 47 heavy (non-hydrogen) atoms. The van der Waals surface area contributed by atoms with Crippen molar-refractivity contribution in [3.05, 3.63) is 51.9 Å². The molecule has 18 nitrogen and oxygen atoms in total. The number of nitrogens with two attached hydrogens (primary N) is 2. The first-order valence-electron chi connectivity index (χ1n) is 13.5. The van der Waals surface area contributed by atoms with Crippen LogP contribution < -0.4 is 25.5 Å². The van der Waals surface area contributed by atoms with Gasteiger partial charge in [0.05, 0.1) is 0 Å². The zero-order valence-corrected chi connectivity index (χ0v) is 27.4. The van der Waals surface area contributed by atoms with Gasteiger partial charge in [0.1, 0.15) is 32.7 Å². The largest absolute Gasteiger partial charge is 0.478 e. The van der Waals surface area contributed by atoms with E-state index >= 15 is 0 Å². The van der Waals surface area contributed by atoms with Crippen molar-refractivity contribution in [2.24, 2.45) is 10.3 Å². The molecule has 0 saturated carbocycles. The van der Waals surface area contributed by atoms with E-state index < -0.39 is 57.2 Å². The molecule has 2 aliphatic rings. The average Bonchev–Trinajstić information content (AvgIpc) is 3.56. The van der Waals surface area contributed by atoms with Gasteiger partial charge in [0.25, 0.3) is 22.0 Å². The molecular weight excluding hydrogens is 702 g/mol. The third kappa shape index (κ3) is 7.18. The second kappa shape index (κ2) is 13.4. The fraction of sp³-hybridized carbons (Fsp3) is 0.320. The molecule has 22 heteroatoms. The SMILES string of the molecule is C[C@H](O/N=C(\C(=O)N[C@@H]1C(=O)N2C(C(=O)O)=C(C[n+]3cccc4c3ccn4CCNS(N)(=O)=O)CS[C@H]12)c1nc(N)sc1Cl)C(=O)O. The number of fused-ring (bicyclic) bond motifs is 2. The molecule has 3 aromatic rings. The van der Waals surface area contributed by atoms with Crippen molar-refractivity contribution in [2.45, 2.75) is 37.5 Å². The van der Waals surface area contributed by atoms with Gasteiger partial charge in [-0.1, -0.05) is 28.1 Å². The molecule has 0 radical (unpaired) electrons. The van der Waals surface area contributed by atoms with Gasteiger partial charge in [-0.25, -0.2) is 24.4 Å². The Labute approximate surface area is 279 Å². The zero-order chi connectivity index (χ0) is 34.2. The van der Waals surface area contributed by atoms with Crippen LogP contribution in [0.2, 0.25) is 4.34 Å². The number of anilines is 1. The van der Waals surface area contributed by atoms with Crippen molar-refractivity contribution in [3.63, 3.8) is 0 Å². The second-order valence-corrected chi connectivity index (χ2v) is 14.3. The number of aromatic nitrogens is 3. The van der Waals surface area contributed by atoms with Crippen LogP contribution in [0, 0.1) is 0 Å². The number of β-lactam (4-membered cyclic amide) rings is 1. The predicted molar refractivity (Wildman–Crippen MR) is 169 cm³/mol. The summed E-state index contributed by atoms with van der Waals surface area (Å²) in [5.74, 6) is -4.13. The van der Waals surface area contributed by atoms with Gasteiger partial charge >= 0.3 is 11.9 Å². The summed E-state index contributed by atoms with van der Waals surface area (Å²) in [6.07, 6.45) is 2.08. The van der Waals surface area contributed by atoms with Crippen molar-refractivity contribution in [2.75, 3.05) is 18.0 Å². The highest BCUT2D eigenvalue weighted by molar-refractivity contribution is 8.00. The summed E-state index contributed by atoms with van der Waals surface area (Å²) >= 11 is 8.24. The number of aliphatic carboxylic acids is 2. The van der Waals surface area contributed by atoms with Crippen LogP contribution in [0.15, 0.2) is 47.0 Å². The van der Waals surface area contributed by atoms with E-state index in [1.165, 1.54) is 18.7 Å². The van der Waals surface area contributed by atoms with Crippen molar-refractivity contribution in [1.29, 1.82) is 0 Å². The van der Waals surface area contributed by atoms with Crippen LogP contribution in [-0.2, 0) is 47.3 Å². The number of thiazole rings is 1. The number of pyridine rings is 1. The topological polar surface area (TPSA) is 266 Å². The molecule has 250 valence electrons. The van der Waals surface area contributed by atoms with Crippen molar-refractivity contribution in [1.82, 2.24) is 24.5 Å². The Morgan fingerprint density at radius 2 is 2.06 bits per heavy atom. The molecule has 2 amide bonds. The Morgan fingerprint density at radius 1 is 1.32 bits per heavy atom. The molecule has 0 aliphatic carbocycles. The minimum Gasteiger partial charge on any atom is -0.478 e. The maximum atomic E-state index is 13.3. The highest BCUT2D eigenvalue weighted by Crippen LogP contribution is 2.40. The van der Waals surface area contributed by atoms with E-state index in [1.807, 2.05) is 15.2 Å². The van der Waals surface area contributed by atoms with Crippen LogP contribution in [0.1, 0.15) is 12.6 Å². The third-order valence-electron chi connectivity index (χ3n) is 7.06. The van der Waals surface area contributed by atoms with Crippen LogP contribution in [0.3, 0.4) is 0 Å². The van der Waals surface area contributed by atoms with Gasteiger partial charge in [-0.05, 0) is 13.0 Å². The Balaban J connectivity index is 1.36. The van der Waals surface area contributed by atoms with Gasteiger partial charge in [-0.15, -0.1) is 11.8 Å². The number of nitrogens with zero attached hydrogens (tertiary/aromatic N) is 5. The van der Waals surface area contributed by atoms with Crippen LogP contribution in [0.25, 0.3) is 11.0 Å². The predicted octanol–water partition coefficient (Wildman–Crippen LogP) is -0.953. The summed E-state index contributed by atoms with van der Waals surface area (Å²) in [6, 6.07) is 4.23. The molecule has 3 atom stereocenters. The number of hydrogen-bond donors (Lipinski definition) is 6. The number of carbonyl (C=O) groups excluding carboxylic acids is 2. The third-order valence-corrected chi connectivity index (χ3v) is 10.1. The molecule has 1 saturated heterocycles. The van der Waals surface area contributed by atoms with E-state index in [2.05, 4.69) is 20.2 Å². The van der Waals surface area contributed by atoms with Gasteiger partial charge in [-0.2, -0.15) is 13.0 Å². The number of carboxylic acid groups (broad SMARTS) is 2. The summed E-state index contributed by atoms with van der Waals surface area (Å²) in [5, 5.41) is 29.7. The Morgan fingerprint density at radius 3 is 2.70 bits per heavy atom. The molecule has 2 aliphatic heterocycles. The molecule has 0 aromatic carbocycles. The zero-order valence-electron chi connectivity index (χ0n) is 24.2. The van der Waals surface area contributed by atoms with E-state index in [1.54, 1.807) is 24.5 Å². The molecule has 5 rings (SSSR count). The second-order valence-electron chi connectivity index (χ2n) is 10.2. The number of nitrogens with one attached hydrogen (secondary N) is 2. The van der Waals surface area contributed by atoms with E-state index in [0.29, 0.717) is 12.1 Å². The van der Waals surface area contributed by atoms with Crippen LogP contribution >= 0.6 is 34.7 Å². The molecule has 1 fully saturated rings. The number of thioether (sulfide) groups is 1. The van der Waals surface area contributed by atoms with E-state index in [9.17, 15) is 32.7 Å². The number of hydrogen-bond acceptors (Lipinski definition) is 12. The smallest absolute Gasteiger partial charge is 0.352 e. The van der Waals surface area contributed by atoms with Gasteiger partial charge in [0.2, 0.25) is 11.6 Å². The minimum atomic E-state index is -3.85. The van der Waals surface area contributed by atoms with Crippen LogP contribution in [-0.4, -0.2) is 92.4 Å². The fourth-order valence-electron chi connectivity index (χ4n) is 4.91. The molecule has 0 unspecified atom stereocenters. The quantitative estimate of drug-likeness (QED) is 0.0538. The van der Waals surface area contributed by atoms with Gasteiger partial charge in [0, 0.05) is 42.7 Å². The summed E-state index contributed by atoms with van der Waals surface area (Å²) in [5.41, 5.74) is 6.72. The lowest BCUT2D eigenvalue weighted by Crippen LogP contribution is -2.71. The lowest BCUT2D eigenvalue weighted by atomic mass is 10.0. The number of carboxylic acids is 2. The lowest BCUT2D eigenvalue weighted by Gasteiger charge is -2.49. The van der Waals surface area contributed by atoms with Gasteiger partial charge in [-0.3, -0.25) is 14.5 Å². The molecule has 3 aromatic heterocycles. The first kappa shape index (κ1) is 34.1. The molecule has 5 heterocycles. The van der Waals surface area contributed by atoms with E-state index in [4.69, 9.17) is 32.4 Å². The van der Waals surface area contributed by atoms with Crippen molar-refractivity contribution < 1.29 is 47.2 Å². The number of rotatable bonds is 13. The Bertz CT molecular complexity index is 1960. The normalized spacial score (nSPS) is 18.9. The Hall–Kier alpha value is -4.28. The van der Waals surface area contributed by atoms with Crippen LogP contribution in [0.4, 0.5) is 5.13 Å². The molecule has 8 N–H and O–H groups in total. The standard InChI is InChI=1S/C25H26ClN9O9S3/c1-11(23(38)39)44-32-16(15-19(26)46-25(27)31-15)20(36)30-17-21(37)35-18(24(40)41)12(10-45-22(17)35)9-34-6-2-3-13-14(34)4-7-33(13)8-5-29-47(28,42)43/h2-4,6-7,11,17,22,29H,5,8-10H2,1H3,(H6-,27,28,30,31,36,38,39,40,41,42,43)/p+1/b32-16-/t11-,17+,22+/m0/s1. The minimum absolute atomic E-state index is 0.00142. The number of nitrogen functional groups attached to an aromatic ring is 1. The fourth-order valence-corrected chi connectivity index (χ4v) is 7.55. The molecular formula is C25H27ClN9O9S3+. The van der Waals surface area contributed by atoms with Crippen molar-refractivity contribution >= 4 is 90.5 Å². The first-order chi connectivity index (χ1) is 22.2. The van der Waals surface area contributed by atoms with Crippen LogP contribution in [0.5, 0.6) is 0 Å². The highest BCUT2D eigenvalue weighted by atomic mass is 35.5. The van der Waals surface area contributed by atoms with Crippen molar-refractivity contribution in [3.8, 4) is 0 Å². The monoisotopic (exact) mass is 728 g/mol. The number of oxime groups is 1. The number of halogens is 1. The maximum absolute atomic E-state index is 13.3. The van der Waals surface area contributed by atoms with Gasteiger partial charge in [0.15, 0.2) is 23.6 Å². The van der Waals surface area contributed by atoms with E-state index in [0.717, 1.165) is 27.3 Å². The highest BCUT2D eigenvalue weighted by Gasteiger charge is 2.55. The number of carbonyl (C=O) groups is 4. The molecule has 0 spiro atoms. The first-order valence-corrected chi connectivity index (χ1v) is 17.3. The lowest BCUT2D eigenvalue weighted by molar-refractivity contribution is -0.663. The Kier molecular flexibility index (Phi) is 9.75. The summed E-state index contributed by atoms with van der Waals surface area (Å²) in [6.45, 7) is 1.66. The molecule has 0 bridgehead atoms. The van der Waals surface area contributed by atoms with Gasteiger partial charge < -0.3 is 30.7 Å². The number of amides is 2. The van der Waals surface area contributed by atoms with E-state index in [-0.39, 0.29) is 39.7 Å². The summed E-state index contributed by atoms with van der Waals surface area (Å²) < 4.78 is 28.3.